The number of nitrogens with two attached hydrogens (primary N) is 1. The molecule has 4 unspecified atom stereocenters. The highest BCUT2D eigenvalue weighted by Gasteiger charge is 2.32. The van der Waals surface area contributed by atoms with Gasteiger partial charge in [-0.15, -0.1) is 4.99 Å². The van der Waals surface area contributed by atoms with Crippen molar-refractivity contribution in [3.8, 4) is 11.5 Å². The predicted molar refractivity (Wildman–Crippen MR) is 173 cm³/mol. The van der Waals surface area contributed by atoms with E-state index in [-0.39, 0.29) is 36.5 Å². The molecule has 9 heteroatoms. The number of aliphatic hydroxyl groups is 2. The van der Waals surface area contributed by atoms with Crippen LogP contribution in [0.1, 0.15) is 71.3 Å². The summed E-state index contributed by atoms with van der Waals surface area (Å²) in [5.41, 5.74) is 8.71. The zero-order chi connectivity index (χ0) is 31.0. The SMILES string of the molecule is CCNC(COc1cc(CC[C-]2C=C(CO)C(CCCCCCCN)O2)ccc1O)[C+]1C=C(C(C)CNCC(C)O)C=N1. The number of aliphatic imine (C=N–C) groups is 1. The van der Waals surface area contributed by atoms with Crippen molar-refractivity contribution in [1.29, 1.82) is 0 Å². The fourth-order valence-electron chi connectivity index (χ4n) is 5.37. The predicted octanol–water partition coefficient (Wildman–Crippen LogP) is 3.98. The Hall–Kier alpha value is -2.53. The first-order valence-electron chi connectivity index (χ1n) is 16.1. The van der Waals surface area contributed by atoms with Crippen LogP contribution in [0.3, 0.4) is 0 Å². The number of hydrogen-bond acceptors (Lipinski definition) is 9. The zero-order valence-electron chi connectivity index (χ0n) is 26.4. The Morgan fingerprint density at radius 3 is 2.70 bits per heavy atom. The highest BCUT2D eigenvalue weighted by Crippen LogP contribution is 2.33. The number of aryl methyl sites for hydroxylation is 1. The maximum absolute atomic E-state index is 10.5. The Labute approximate surface area is 258 Å². The Bertz CT molecular complexity index is 1040. The topological polar surface area (TPSA) is 142 Å². The molecule has 0 radical (unpaired) electrons. The summed E-state index contributed by atoms with van der Waals surface area (Å²) >= 11 is 0. The summed E-state index contributed by atoms with van der Waals surface area (Å²) in [6.07, 6.45) is 14.5. The van der Waals surface area contributed by atoms with Crippen LogP contribution in [-0.4, -0.2) is 79.2 Å². The van der Waals surface area contributed by atoms with E-state index in [0.29, 0.717) is 25.3 Å². The van der Waals surface area contributed by atoms with Crippen molar-refractivity contribution in [2.75, 3.05) is 39.4 Å². The number of phenolic OH excluding ortho intramolecular Hbond substituents is 1. The molecule has 2 aliphatic heterocycles. The summed E-state index contributed by atoms with van der Waals surface area (Å²) in [5.74, 6) is 0.807. The molecule has 0 amide bonds. The van der Waals surface area contributed by atoms with Gasteiger partial charge in [0.15, 0.2) is 23.8 Å². The van der Waals surface area contributed by atoms with Gasteiger partial charge in [0.1, 0.15) is 18.2 Å². The van der Waals surface area contributed by atoms with E-state index >= 15 is 0 Å². The summed E-state index contributed by atoms with van der Waals surface area (Å²) in [4.78, 5) is 4.65. The van der Waals surface area contributed by atoms with Crippen molar-refractivity contribution in [2.45, 2.75) is 90.4 Å². The number of phenols is 1. The number of hydrogen-bond donors (Lipinski definition) is 6. The summed E-state index contributed by atoms with van der Waals surface area (Å²) in [6.45, 7) is 9.13. The Balaban J connectivity index is 1.49. The van der Waals surface area contributed by atoms with Crippen LogP contribution in [0.15, 0.2) is 46.5 Å². The number of aromatic hydroxyl groups is 1. The van der Waals surface area contributed by atoms with Gasteiger partial charge in [0.05, 0.1) is 18.1 Å². The van der Waals surface area contributed by atoms with Crippen LogP contribution in [-0.2, 0) is 11.2 Å². The van der Waals surface area contributed by atoms with E-state index in [1.54, 1.807) is 13.0 Å². The lowest BCUT2D eigenvalue weighted by Gasteiger charge is -2.24. The van der Waals surface area contributed by atoms with Gasteiger partial charge >= 0.3 is 0 Å². The quantitative estimate of drug-likeness (QED) is 0.0870. The highest BCUT2D eigenvalue weighted by molar-refractivity contribution is 5.84. The molecular formula is C34H54N4O5. The zero-order valence-corrected chi connectivity index (χ0v) is 26.4. The number of ether oxygens (including phenoxy) is 2. The lowest BCUT2D eigenvalue weighted by molar-refractivity contribution is 0.102. The summed E-state index contributed by atoms with van der Waals surface area (Å²) in [6, 6.07) is 6.26. The van der Waals surface area contributed by atoms with Crippen molar-refractivity contribution in [3.63, 3.8) is 0 Å². The minimum atomic E-state index is -0.374. The molecule has 2 heterocycles. The lowest BCUT2D eigenvalue weighted by atomic mass is 10.00. The standard InChI is InChI=1S/C34H54N4O5/c1-4-37-31(30-18-27(21-38-30)24(2)19-36-20-25(3)40)23-42-34-16-26(12-14-32(34)41)11-13-29-17-28(22-39)33(43-29)10-8-6-5-7-9-15-35/h12,14,16-18,21,24-25,31,33,36-37,39-41H,4-11,13,15,19-20,22-23,35H2,1-3H3. The molecule has 0 fully saturated rings. The van der Waals surface area contributed by atoms with Crippen LogP contribution in [0.25, 0.3) is 0 Å². The summed E-state index contributed by atoms with van der Waals surface area (Å²) in [7, 11) is 0. The van der Waals surface area contributed by atoms with Crippen LogP contribution < -0.4 is 21.1 Å². The number of rotatable bonds is 22. The maximum Gasteiger partial charge on any atom is 0.176 e. The second-order valence-electron chi connectivity index (χ2n) is 11.8. The molecule has 0 saturated heterocycles. The van der Waals surface area contributed by atoms with Crippen LogP contribution in [0.4, 0.5) is 0 Å². The monoisotopic (exact) mass is 598 g/mol. The maximum atomic E-state index is 10.5. The molecule has 3 rings (SSSR count). The molecule has 0 aliphatic carbocycles. The average molecular weight is 599 g/mol. The van der Waals surface area contributed by atoms with Crippen molar-refractivity contribution in [2.24, 2.45) is 16.6 Å². The molecule has 240 valence electrons. The minimum absolute atomic E-state index is 0.0179. The summed E-state index contributed by atoms with van der Waals surface area (Å²) < 4.78 is 12.3. The van der Waals surface area contributed by atoms with E-state index in [1.807, 2.05) is 31.3 Å². The molecule has 7 N–H and O–H groups in total. The van der Waals surface area contributed by atoms with Gasteiger partial charge in [-0.3, -0.25) is 5.32 Å². The largest absolute Gasteiger partial charge is 0.504 e. The molecule has 1 aromatic carbocycles. The van der Waals surface area contributed by atoms with Crippen molar-refractivity contribution in [1.82, 2.24) is 10.6 Å². The molecule has 43 heavy (non-hydrogen) atoms. The van der Waals surface area contributed by atoms with Gasteiger partial charge < -0.3 is 35.8 Å². The number of aliphatic hydroxyl groups excluding tert-OH is 2. The number of nitrogens with one attached hydrogen (secondary N) is 2. The highest BCUT2D eigenvalue weighted by atomic mass is 16.5. The molecule has 0 aromatic heterocycles. The Morgan fingerprint density at radius 1 is 1.16 bits per heavy atom. The molecular weight excluding hydrogens is 544 g/mol. The first-order chi connectivity index (χ1) is 20.8. The van der Waals surface area contributed by atoms with Crippen LogP contribution in [0.5, 0.6) is 11.5 Å². The molecule has 4 atom stereocenters. The van der Waals surface area contributed by atoms with Crippen molar-refractivity contribution in [3.05, 3.63) is 59.2 Å². The van der Waals surface area contributed by atoms with Crippen LogP contribution in [0.2, 0.25) is 0 Å². The first kappa shape index (κ1) is 35.0. The Morgan fingerprint density at radius 2 is 1.95 bits per heavy atom. The third-order valence-electron chi connectivity index (χ3n) is 7.94. The third kappa shape index (κ3) is 11.8. The number of benzene rings is 1. The fraction of sp³-hybridized carbons (Fsp3) is 0.618. The molecule has 0 bridgehead atoms. The molecule has 2 aliphatic rings. The molecule has 0 spiro atoms. The van der Waals surface area contributed by atoms with E-state index in [2.05, 4.69) is 28.6 Å². The number of nitrogens with zero attached hydrogens (tertiary/aromatic N) is 1. The second-order valence-corrected chi connectivity index (χ2v) is 11.8. The van der Waals surface area contributed by atoms with Crippen molar-refractivity contribution < 1.29 is 24.8 Å². The van der Waals surface area contributed by atoms with Gasteiger partial charge in [-0.1, -0.05) is 51.2 Å². The Kier molecular flexibility index (Phi) is 15.4. The fourth-order valence-corrected chi connectivity index (χ4v) is 5.37. The van der Waals surface area contributed by atoms with Crippen molar-refractivity contribution >= 4 is 6.21 Å². The van der Waals surface area contributed by atoms with Gasteiger partial charge in [-0.25, -0.2) is 0 Å². The van der Waals surface area contributed by atoms with E-state index in [1.165, 1.54) is 12.8 Å². The number of likely N-dealkylation sites (N-methyl/N-ethyl adjacent to an activating group) is 1. The van der Waals surface area contributed by atoms with Gasteiger partial charge in [0.2, 0.25) is 0 Å². The average Bonchev–Trinajstić information content (AvgIpc) is 3.64. The third-order valence-corrected chi connectivity index (χ3v) is 7.94. The van der Waals surface area contributed by atoms with E-state index in [9.17, 15) is 15.3 Å². The summed E-state index contributed by atoms with van der Waals surface area (Å²) in [5, 5.41) is 36.6. The van der Waals surface area contributed by atoms with Gasteiger partial charge in [-0.05, 0) is 63.9 Å². The number of unbranched alkanes of at least 4 members (excludes halogenated alkanes) is 4. The van der Waals surface area contributed by atoms with E-state index in [0.717, 1.165) is 80.6 Å². The van der Waals surface area contributed by atoms with Crippen LogP contribution >= 0.6 is 0 Å². The van der Waals surface area contributed by atoms with Gasteiger partial charge in [0, 0.05) is 25.8 Å². The molecule has 9 nitrogen and oxygen atoms in total. The molecule has 1 aromatic rings. The minimum Gasteiger partial charge on any atom is -0.504 e. The van der Waals surface area contributed by atoms with E-state index in [4.69, 9.17) is 15.2 Å². The normalized spacial score (nSPS) is 18.6. The molecule has 0 saturated carbocycles. The van der Waals surface area contributed by atoms with E-state index < -0.39 is 0 Å². The smallest absolute Gasteiger partial charge is 0.176 e. The van der Waals surface area contributed by atoms with Gasteiger partial charge in [0.25, 0.3) is 0 Å². The first-order valence-corrected chi connectivity index (χ1v) is 16.1. The van der Waals surface area contributed by atoms with Crippen LogP contribution in [0, 0.1) is 18.1 Å². The van der Waals surface area contributed by atoms with Gasteiger partial charge in [-0.2, -0.15) is 11.6 Å². The second kappa shape index (κ2) is 19.0. The lowest BCUT2D eigenvalue weighted by Crippen LogP contribution is -2.38.